The van der Waals surface area contributed by atoms with Crippen LogP contribution in [0.15, 0.2) is 42.5 Å². The largest absolute Gasteiger partial charge is 0.298 e. The lowest BCUT2D eigenvalue weighted by molar-refractivity contribution is 0.102. The summed E-state index contributed by atoms with van der Waals surface area (Å²) in [5.74, 6) is -0.488. The van der Waals surface area contributed by atoms with E-state index < -0.39 is 0 Å². The summed E-state index contributed by atoms with van der Waals surface area (Å²) >= 11 is 1.27. The Balaban J connectivity index is 1.59. The fourth-order valence-electron chi connectivity index (χ4n) is 3.58. The molecule has 0 aliphatic heterocycles. The van der Waals surface area contributed by atoms with Crippen molar-refractivity contribution in [2.45, 2.75) is 19.3 Å². The molecule has 26 heavy (non-hydrogen) atoms. The molecule has 0 spiro atoms. The monoisotopic (exact) mass is 363 g/mol. The van der Waals surface area contributed by atoms with Crippen molar-refractivity contribution < 1.29 is 9.18 Å². The molecule has 6 heteroatoms. The van der Waals surface area contributed by atoms with Gasteiger partial charge in [-0.25, -0.2) is 9.37 Å². The SMILES string of the molecule is O=C(Nc1nc2ccc(F)cc2s1)c1c2c(nc3ccccc13)CCC2. The molecule has 0 radical (unpaired) electrons. The van der Waals surface area contributed by atoms with E-state index in [0.717, 1.165) is 41.4 Å². The summed E-state index contributed by atoms with van der Waals surface area (Å²) in [6.45, 7) is 0. The van der Waals surface area contributed by atoms with Crippen LogP contribution >= 0.6 is 11.3 Å². The summed E-state index contributed by atoms with van der Waals surface area (Å²) in [5, 5.41) is 4.24. The van der Waals surface area contributed by atoms with Gasteiger partial charge in [-0.05, 0) is 49.1 Å². The number of hydrogen-bond donors (Lipinski definition) is 1. The summed E-state index contributed by atoms with van der Waals surface area (Å²) in [6.07, 6.45) is 2.78. The number of anilines is 1. The molecule has 1 N–H and O–H groups in total. The van der Waals surface area contributed by atoms with Gasteiger partial charge in [0.15, 0.2) is 5.13 Å². The van der Waals surface area contributed by atoms with E-state index in [1.54, 1.807) is 6.07 Å². The maximum atomic E-state index is 13.4. The van der Waals surface area contributed by atoms with Crippen LogP contribution in [0.5, 0.6) is 0 Å². The number of nitrogens with one attached hydrogen (secondary N) is 1. The number of pyridine rings is 1. The molecule has 0 atom stereocenters. The van der Waals surface area contributed by atoms with Crippen LogP contribution in [0.1, 0.15) is 28.0 Å². The summed E-state index contributed by atoms with van der Waals surface area (Å²) in [6, 6.07) is 12.1. The van der Waals surface area contributed by atoms with Crippen LogP contribution in [-0.4, -0.2) is 15.9 Å². The molecule has 1 aliphatic carbocycles. The van der Waals surface area contributed by atoms with E-state index in [1.165, 1.54) is 23.5 Å². The number of carbonyl (C=O) groups is 1. The van der Waals surface area contributed by atoms with Crippen molar-refractivity contribution in [3.8, 4) is 0 Å². The predicted octanol–water partition coefficient (Wildman–Crippen LogP) is 4.72. The van der Waals surface area contributed by atoms with Gasteiger partial charge in [0, 0.05) is 11.1 Å². The fraction of sp³-hybridized carbons (Fsp3) is 0.150. The van der Waals surface area contributed by atoms with Gasteiger partial charge in [-0.15, -0.1) is 0 Å². The molecular weight excluding hydrogens is 349 g/mol. The average Bonchev–Trinajstić information content (AvgIpc) is 3.24. The van der Waals surface area contributed by atoms with E-state index in [9.17, 15) is 9.18 Å². The van der Waals surface area contributed by atoms with Crippen molar-refractivity contribution in [3.63, 3.8) is 0 Å². The highest BCUT2D eigenvalue weighted by molar-refractivity contribution is 7.22. The number of aryl methyl sites for hydroxylation is 1. The van der Waals surface area contributed by atoms with Gasteiger partial charge in [-0.1, -0.05) is 29.5 Å². The van der Waals surface area contributed by atoms with Crippen LogP contribution in [0, 0.1) is 5.82 Å². The molecule has 2 heterocycles. The molecule has 5 rings (SSSR count). The molecular formula is C20H14FN3OS. The Morgan fingerprint density at radius 2 is 1.96 bits per heavy atom. The van der Waals surface area contributed by atoms with E-state index in [-0.39, 0.29) is 11.7 Å². The van der Waals surface area contributed by atoms with Crippen molar-refractivity contribution in [2.75, 3.05) is 5.32 Å². The van der Waals surface area contributed by atoms with Crippen molar-refractivity contribution in [1.82, 2.24) is 9.97 Å². The molecule has 0 unspecified atom stereocenters. The molecule has 0 bridgehead atoms. The second kappa shape index (κ2) is 5.85. The summed E-state index contributed by atoms with van der Waals surface area (Å²) in [5.41, 5.74) is 4.25. The Labute approximate surface area is 152 Å². The highest BCUT2D eigenvalue weighted by atomic mass is 32.1. The fourth-order valence-corrected chi connectivity index (χ4v) is 4.47. The molecule has 4 aromatic rings. The summed E-state index contributed by atoms with van der Waals surface area (Å²) in [4.78, 5) is 22.2. The summed E-state index contributed by atoms with van der Waals surface area (Å²) in [7, 11) is 0. The second-order valence-corrected chi connectivity index (χ2v) is 7.40. The Bertz CT molecular complexity index is 1180. The second-order valence-electron chi connectivity index (χ2n) is 6.37. The van der Waals surface area contributed by atoms with Gasteiger partial charge in [-0.2, -0.15) is 0 Å². The maximum absolute atomic E-state index is 13.4. The molecule has 2 aromatic carbocycles. The quantitative estimate of drug-likeness (QED) is 0.560. The highest BCUT2D eigenvalue weighted by Crippen LogP contribution is 2.32. The standard InChI is InChI=1S/C20H14FN3OS/c21-11-8-9-16-17(10-11)26-20(23-16)24-19(25)18-12-4-1-2-6-14(12)22-15-7-3-5-13(15)18/h1-2,4,6,8-10H,3,5,7H2,(H,23,24,25). The number of aromatic nitrogens is 2. The third-order valence-corrected chi connectivity index (χ3v) is 5.65. The van der Waals surface area contributed by atoms with Crippen LogP contribution in [0.3, 0.4) is 0 Å². The van der Waals surface area contributed by atoms with Crippen LogP contribution in [-0.2, 0) is 12.8 Å². The Kier molecular flexibility index (Phi) is 3.46. The molecule has 1 aliphatic rings. The minimum absolute atomic E-state index is 0.179. The normalized spacial score (nSPS) is 13.3. The number of hydrogen-bond acceptors (Lipinski definition) is 4. The Hall–Kier alpha value is -2.86. The third kappa shape index (κ3) is 2.45. The molecule has 1 amide bonds. The maximum Gasteiger partial charge on any atom is 0.258 e. The number of halogens is 1. The first-order chi connectivity index (χ1) is 12.7. The van der Waals surface area contributed by atoms with Gasteiger partial charge < -0.3 is 0 Å². The van der Waals surface area contributed by atoms with Crippen molar-refractivity contribution in [2.24, 2.45) is 0 Å². The summed E-state index contributed by atoms with van der Waals surface area (Å²) < 4.78 is 14.1. The van der Waals surface area contributed by atoms with Gasteiger partial charge in [-0.3, -0.25) is 15.1 Å². The van der Waals surface area contributed by atoms with Gasteiger partial charge in [0.1, 0.15) is 5.82 Å². The van der Waals surface area contributed by atoms with Crippen LogP contribution in [0.2, 0.25) is 0 Å². The van der Waals surface area contributed by atoms with Gasteiger partial charge >= 0.3 is 0 Å². The molecule has 4 nitrogen and oxygen atoms in total. The van der Waals surface area contributed by atoms with Crippen LogP contribution < -0.4 is 5.32 Å². The predicted molar refractivity (Wildman–Crippen MR) is 101 cm³/mol. The Morgan fingerprint density at radius 1 is 1.08 bits per heavy atom. The van der Waals surface area contributed by atoms with Crippen molar-refractivity contribution in [3.05, 3.63) is 65.1 Å². The number of carbonyl (C=O) groups excluding carboxylic acids is 1. The Morgan fingerprint density at radius 3 is 2.88 bits per heavy atom. The van der Waals surface area contributed by atoms with Crippen molar-refractivity contribution >= 4 is 43.5 Å². The number of thiazole rings is 1. The minimum atomic E-state index is -0.308. The zero-order valence-corrected chi connectivity index (χ0v) is 14.6. The van der Waals surface area contributed by atoms with Crippen LogP contribution in [0.4, 0.5) is 9.52 Å². The zero-order chi connectivity index (χ0) is 17.7. The molecule has 128 valence electrons. The van der Waals surface area contributed by atoms with Gasteiger partial charge in [0.2, 0.25) is 0 Å². The first-order valence-electron chi connectivity index (χ1n) is 8.47. The number of benzene rings is 2. The number of nitrogens with zero attached hydrogens (tertiary/aromatic N) is 2. The lowest BCUT2D eigenvalue weighted by atomic mass is 10.0. The molecule has 0 saturated carbocycles. The third-order valence-electron chi connectivity index (χ3n) is 4.72. The average molecular weight is 363 g/mol. The van der Waals surface area contributed by atoms with Gasteiger partial charge in [0.05, 0.1) is 21.3 Å². The number of fused-ring (bicyclic) bond motifs is 3. The number of para-hydroxylation sites is 1. The van der Waals surface area contributed by atoms with Crippen LogP contribution in [0.25, 0.3) is 21.1 Å². The molecule has 2 aromatic heterocycles. The molecule has 0 saturated heterocycles. The smallest absolute Gasteiger partial charge is 0.258 e. The van der Waals surface area contributed by atoms with E-state index >= 15 is 0 Å². The first kappa shape index (κ1) is 15.4. The number of rotatable bonds is 2. The zero-order valence-electron chi connectivity index (χ0n) is 13.8. The van der Waals surface area contributed by atoms with E-state index in [1.807, 2.05) is 24.3 Å². The topological polar surface area (TPSA) is 54.9 Å². The van der Waals surface area contributed by atoms with Gasteiger partial charge in [0.25, 0.3) is 5.91 Å². The van der Waals surface area contributed by atoms with E-state index in [0.29, 0.717) is 20.9 Å². The first-order valence-corrected chi connectivity index (χ1v) is 9.28. The number of amides is 1. The molecule has 0 fully saturated rings. The minimum Gasteiger partial charge on any atom is -0.298 e. The lowest BCUT2D eigenvalue weighted by Crippen LogP contribution is -2.15. The lowest BCUT2D eigenvalue weighted by Gasteiger charge is -2.11. The highest BCUT2D eigenvalue weighted by Gasteiger charge is 2.24. The van der Waals surface area contributed by atoms with E-state index in [2.05, 4.69) is 10.3 Å². The van der Waals surface area contributed by atoms with Crippen molar-refractivity contribution in [1.29, 1.82) is 0 Å². The van der Waals surface area contributed by atoms with E-state index in [4.69, 9.17) is 4.98 Å².